The number of carbonyl (C=O) groups is 1. The number of Topliss-reactive ketones (excluding diaryl/α,β-unsaturated/α-hetero) is 1. The van der Waals surface area contributed by atoms with Gasteiger partial charge in [-0.1, -0.05) is 0 Å². The Bertz CT molecular complexity index is 1190. The fraction of sp³-hybridized carbons (Fsp3) is 0.562. The number of H-pyrrole nitrogens is 1. The van der Waals surface area contributed by atoms with Gasteiger partial charge in [-0.3, -0.25) is 28.2 Å². The molecule has 0 radical (unpaired) electrons. The summed E-state index contributed by atoms with van der Waals surface area (Å²) >= 11 is 0. The maximum atomic E-state index is 12.1. The molecule has 0 aromatic carbocycles. The highest BCUT2D eigenvalue weighted by molar-refractivity contribution is 7.61. The molecule has 2 aliphatic heterocycles. The number of hydrogen-bond donors (Lipinski definition) is 5. The minimum absolute atomic E-state index is 0.136. The van der Waals surface area contributed by atoms with E-state index in [0.717, 1.165) is 4.57 Å². The summed E-state index contributed by atoms with van der Waals surface area (Å²) in [5, 5.41) is 19.6. The van der Waals surface area contributed by atoms with Gasteiger partial charge < -0.3 is 29.5 Å². The van der Waals surface area contributed by atoms with E-state index in [1.54, 1.807) is 0 Å². The first-order valence-corrected chi connectivity index (χ1v) is 12.6. The van der Waals surface area contributed by atoms with E-state index in [9.17, 15) is 43.5 Å². The summed E-state index contributed by atoms with van der Waals surface area (Å²) in [6, 6.07) is 0. The third-order valence-corrected chi connectivity index (χ3v) is 7.36. The number of phosphoric acid groups is 2. The quantitative estimate of drug-likeness (QED) is 0.268. The number of aliphatic hydroxyl groups is 2. The number of nitrogens with zero attached hydrogens (tertiary/aromatic N) is 1. The number of aromatic amines is 1. The van der Waals surface area contributed by atoms with E-state index >= 15 is 0 Å². The standard InChI is InChI=1S/C16H22N2O14P2/c1-7-5-18(16(23)17-15(7)22)12-3-9(19)11(30-12)6-28-33(24,25)32-34(26,27)31-13-4-10(20)14(21)8(2)29-13/h4-5,8-9,11-13,19-20H,3,6H2,1-2H3,(H,24,25)(H,26,27)(H,17,22,23)/t8-,9+,11-,12-,13?/m1/s1. The van der Waals surface area contributed by atoms with E-state index < -0.39 is 75.9 Å². The molecule has 0 bridgehead atoms. The van der Waals surface area contributed by atoms with Crippen LogP contribution in [0, 0.1) is 6.92 Å². The van der Waals surface area contributed by atoms with Crippen LogP contribution in [0.1, 0.15) is 25.1 Å². The second-order valence-corrected chi connectivity index (χ2v) is 10.4. The number of rotatable bonds is 8. The Hall–Kier alpha value is -1.97. The second kappa shape index (κ2) is 9.95. The Morgan fingerprint density at radius 1 is 1.21 bits per heavy atom. The van der Waals surface area contributed by atoms with Crippen molar-refractivity contribution in [2.45, 2.75) is 51.1 Å². The molecule has 7 atom stereocenters. The molecular weight excluding hydrogens is 506 g/mol. The topological polar surface area (TPSA) is 233 Å². The molecule has 1 saturated heterocycles. The largest absolute Gasteiger partial charge is 0.504 e. The van der Waals surface area contributed by atoms with Crippen LogP contribution in [-0.2, 0) is 36.8 Å². The zero-order chi connectivity index (χ0) is 25.4. The van der Waals surface area contributed by atoms with Crippen molar-refractivity contribution in [3.8, 4) is 0 Å². The first kappa shape index (κ1) is 26.6. The number of hydrogen-bond acceptors (Lipinski definition) is 12. The lowest BCUT2D eigenvalue weighted by molar-refractivity contribution is -0.148. The molecule has 2 aliphatic rings. The van der Waals surface area contributed by atoms with Crippen molar-refractivity contribution < 1.29 is 56.8 Å². The van der Waals surface area contributed by atoms with Gasteiger partial charge in [0.15, 0.2) is 12.0 Å². The maximum absolute atomic E-state index is 12.1. The zero-order valence-electron chi connectivity index (χ0n) is 17.7. The summed E-state index contributed by atoms with van der Waals surface area (Å²) in [7, 11) is -10.6. The molecule has 3 unspecified atom stereocenters. The third kappa shape index (κ3) is 6.37. The summed E-state index contributed by atoms with van der Waals surface area (Å²) in [6.07, 6.45) is -4.79. The number of aromatic nitrogens is 2. The summed E-state index contributed by atoms with van der Waals surface area (Å²) < 4.78 is 48.8. The maximum Gasteiger partial charge on any atom is 0.483 e. The van der Waals surface area contributed by atoms with Crippen LogP contribution < -0.4 is 11.2 Å². The molecular formula is C16H22N2O14P2. The van der Waals surface area contributed by atoms with Crippen molar-refractivity contribution in [2.75, 3.05) is 6.61 Å². The lowest BCUT2D eigenvalue weighted by atomic mass is 10.2. The van der Waals surface area contributed by atoms with Gasteiger partial charge in [0.05, 0.1) is 12.7 Å². The van der Waals surface area contributed by atoms with Gasteiger partial charge in [-0.05, 0) is 13.8 Å². The minimum atomic E-state index is -5.32. The fourth-order valence-electron chi connectivity index (χ4n) is 3.08. The van der Waals surface area contributed by atoms with Crippen molar-refractivity contribution in [3.05, 3.63) is 44.4 Å². The molecule has 190 valence electrons. The van der Waals surface area contributed by atoms with Gasteiger partial charge in [0, 0.05) is 24.3 Å². The van der Waals surface area contributed by atoms with Gasteiger partial charge in [-0.2, -0.15) is 4.31 Å². The normalized spacial score (nSPS) is 31.0. The Morgan fingerprint density at radius 2 is 1.88 bits per heavy atom. The molecule has 18 heteroatoms. The van der Waals surface area contributed by atoms with Crippen LogP contribution in [0.5, 0.6) is 0 Å². The molecule has 1 aromatic rings. The predicted molar refractivity (Wildman–Crippen MR) is 108 cm³/mol. The van der Waals surface area contributed by atoms with E-state index in [1.165, 1.54) is 20.0 Å². The number of aliphatic hydroxyl groups excluding tert-OH is 2. The van der Waals surface area contributed by atoms with E-state index in [0.29, 0.717) is 6.08 Å². The Labute approximate surface area is 190 Å². The van der Waals surface area contributed by atoms with Crippen molar-refractivity contribution in [2.24, 2.45) is 0 Å². The van der Waals surface area contributed by atoms with Gasteiger partial charge in [0.2, 0.25) is 5.78 Å². The van der Waals surface area contributed by atoms with E-state index in [1.807, 2.05) is 0 Å². The number of ether oxygens (including phenoxy) is 2. The Morgan fingerprint density at radius 3 is 2.53 bits per heavy atom. The van der Waals surface area contributed by atoms with Crippen LogP contribution in [0.2, 0.25) is 0 Å². The van der Waals surface area contributed by atoms with E-state index in [4.69, 9.17) is 9.47 Å². The number of aryl methyl sites for hydroxylation is 1. The van der Waals surface area contributed by atoms with Crippen LogP contribution in [0.4, 0.5) is 0 Å². The van der Waals surface area contributed by atoms with Crippen LogP contribution in [0.3, 0.4) is 0 Å². The molecule has 0 aliphatic carbocycles. The van der Waals surface area contributed by atoms with Gasteiger partial charge in [0.25, 0.3) is 5.56 Å². The van der Waals surface area contributed by atoms with E-state index in [2.05, 4.69) is 18.3 Å². The van der Waals surface area contributed by atoms with Crippen LogP contribution >= 0.6 is 15.6 Å². The average molecular weight is 528 g/mol. The summed E-state index contributed by atoms with van der Waals surface area (Å²) in [6.45, 7) is 1.88. The van der Waals surface area contributed by atoms with Gasteiger partial charge in [-0.15, -0.1) is 0 Å². The smallest absolute Gasteiger partial charge is 0.483 e. The monoisotopic (exact) mass is 528 g/mol. The number of carbonyl (C=O) groups excluding carboxylic acids is 1. The highest BCUT2D eigenvalue weighted by Gasteiger charge is 2.42. The van der Waals surface area contributed by atoms with E-state index in [-0.39, 0.29) is 12.0 Å². The molecule has 1 aromatic heterocycles. The molecule has 1 fully saturated rings. The Kier molecular flexibility index (Phi) is 7.79. The highest BCUT2D eigenvalue weighted by Crippen LogP contribution is 2.61. The van der Waals surface area contributed by atoms with Crippen molar-refractivity contribution >= 4 is 21.4 Å². The summed E-state index contributed by atoms with van der Waals surface area (Å²) in [4.78, 5) is 56.5. The SMILES string of the molecule is Cc1cn([C@H]2C[C@H](O)[C@@H](COP(=O)(O)OP(=O)(O)OC3C=C(O)C(=O)[C@@H](C)O3)O2)c(=O)[nH]c1=O. The molecule has 0 spiro atoms. The van der Waals surface area contributed by atoms with Gasteiger partial charge in [-0.25, -0.2) is 13.9 Å². The first-order chi connectivity index (χ1) is 15.7. The summed E-state index contributed by atoms with van der Waals surface area (Å²) in [5.74, 6) is -1.61. The summed E-state index contributed by atoms with van der Waals surface area (Å²) in [5.41, 5.74) is -1.20. The number of ketones is 1. The molecule has 34 heavy (non-hydrogen) atoms. The lowest BCUT2D eigenvalue weighted by Crippen LogP contribution is -2.33. The Balaban J connectivity index is 1.59. The van der Waals surface area contributed by atoms with Crippen LogP contribution in [0.15, 0.2) is 27.6 Å². The third-order valence-electron chi connectivity index (χ3n) is 4.76. The van der Waals surface area contributed by atoms with Crippen molar-refractivity contribution in [1.29, 1.82) is 0 Å². The van der Waals surface area contributed by atoms with Crippen LogP contribution in [-0.4, -0.2) is 66.5 Å². The molecule has 3 rings (SSSR count). The van der Waals surface area contributed by atoms with Gasteiger partial charge in [0.1, 0.15) is 18.4 Å². The van der Waals surface area contributed by atoms with Crippen molar-refractivity contribution in [3.63, 3.8) is 0 Å². The number of phosphoric ester groups is 2. The zero-order valence-corrected chi connectivity index (χ0v) is 19.5. The number of nitrogens with one attached hydrogen (secondary N) is 1. The minimum Gasteiger partial charge on any atom is -0.504 e. The fourth-order valence-corrected chi connectivity index (χ4v) is 5.18. The lowest BCUT2D eigenvalue weighted by Gasteiger charge is -2.25. The van der Waals surface area contributed by atoms with Gasteiger partial charge >= 0.3 is 21.3 Å². The highest BCUT2D eigenvalue weighted by atomic mass is 31.3. The van der Waals surface area contributed by atoms with Crippen LogP contribution in [0.25, 0.3) is 0 Å². The predicted octanol–water partition coefficient (Wildman–Crippen LogP) is -0.500. The first-order valence-electron chi connectivity index (χ1n) is 9.63. The molecule has 5 N–H and O–H groups in total. The molecule has 3 heterocycles. The molecule has 0 saturated carbocycles. The average Bonchev–Trinajstić information content (AvgIpc) is 3.06. The molecule has 0 amide bonds. The molecule has 16 nitrogen and oxygen atoms in total. The van der Waals surface area contributed by atoms with Crippen molar-refractivity contribution in [1.82, 2.24) is 9.55 Å². The second-order valence-electron chi connectivity index (χ2n) is 7.39.